The first-order valence-corrected chi connectivity index (χ1v) is 7.46. The minimum absolute atomic E-state index is 0.00564. The van der Waals surface area contributed by atoms with Crippen LogP contribution in [0.2, 0.25) is 0 Å². The third-order valence-corrected chi connectivity index (χ3v) is 4.51. The van der Waals surface area contributed by atoms with Crippen molar-refractivity contribution in [2.75, 3.05) is 26.3 Å². The number of aromatic carboxylic acids is 1. The maximum absolute atomic E-state index is 12.2. The zero-order valence-corrected chi connectivity index (χ0v) is 12.3. The third kappa shape index (κ3) is 3.04. The van der Waals surface area contributed by atoms with Crippen molar-refractivity contribution in [3.8, 4) is 0 Å². The highest BCUT2D eigenvalue weighted by atomic mass is 16.5. The van der Waals surface area contributed by atoms with Gasteiger partial charge in [-0.1, -0.05) is 12.1 Å². The highest BCUT2D eigenvalue weighted by molar-refractivity contribution is 5.92. The lowest BCUT2D eigenvalue weighted by molar-refractivity contribution is -0.125. The maximum Gasteiger partial charge on any atom is 0.335 e. The van der Waals surface area contributed by atoms with E-state index in [1.807, 2.05) is 4.90 Å². The summed E-state index contributed by atoms with van der Waals surface area (Å²) in [6.07, 6.45) is 5.34. The van der Waals surface area contributed by atoms with Crippen molar-refractivity contribution >= 4 is 18.0 Å². The first-order chi connectivity index (χ1) is 10.6. The lowest BCUT2D eigenvalue weighted by atomic mass is 9.87. The first-order valence-electron chi connectivity index (χ1n) is 7.46. The number of carbonyl (C=O) groups is 2. The summed E-state index contributed by atoms with van der Waals surface area (Å²) in [5, 5.41) is 8.85. The van der Waals surface area contributed by atoms with Crippen LogP contribution in [0.5, 0.6) is 0 Å². The average molecular weight is 301 g/mol. The Hall–Kier alpha value is -2.14. The number of ether oxygens (including phenoxy) is 1. The van der Waals surface area contributed by atoms with E-state index in [-0.39, 0.29) is 16.9 Å². The minimum Gasteiger partial charge on any atom is -0.478 e. The standard InChI is InChI=1S/C17H19NO4/c19-15(18-9-7-17(11-18)8-10-22-12-17)6-3-13-1-4-14(5-2-13)16(20)21/h1-6H,7-12H2,(H,20,21)/b6-3+. The molecule has 2 fully saturated rings. The second kappa shape index (κ2) is 5.93. The molecule has 0 saturated carbocycles. The molecule has 2 saturated heterocycles. The van der Waals surface area contributed by atoms with Gasteiger partial charge in [0.1, 0.15) is 0 Å². The number of carboxylic acids is 1. The van der Waals surface area contributed by atoms with Gasteiger partial charge >= 0.3 is 5.97 Å². The molecule has 22 heavy (non-hydrogen) atoms. The molecule has 3 rings (SSSR count). The number of carbonyl (C=O) groups excluding carboxylic acids is 1. The highest BCUT2D eigenvalue weighted by Crippen LogP contribution is 2.38. The summed E-state index contributed by atoms with van der Waals surface area (Å²) in [6, 6.07) is 6.47. The molecule has 2 aliphatic rings. The van der Waals surface area contributed by atoms with Crippen molar-refractivity contribution in [1.82, 2.24) is 4.90 Å². The van der Waals surface area contributed by atoms with E-state index in [1.54, 1.807) is 24.3 Å². The van der Waals surface area contributed by atoms with Gasteiger partial charge in [-0.15, -0.1) is 0 Å². The first kappa shape index (κ1) is 14.8. The average Bonchev–Trinajstić information content (AvgIpc) is 3.16. The highest BCUT2D eigenvalue weighted by Gasteiger charge is 2.42. The molecule has 1 spiro atoms. The van der Waals surface area contributed by atoms with Gasteiger partial charge in [0.2, 0.25) is 5.91 Å². The van der Waals surface area contributed by atoms with Crippen molar-refractivity contribution in [2.24, 2.45) is 5.41 Å². The van der Waals surface area contributed by atoms with E-state index in [2.05, 4.69) is 0 Å². The van der Waals surface area contributed by atoms with Gasteiger partial charge in [0, 0.05) is 31.2 Å². The molecular weight excluding hydrogens is 282 g/mol. The molecule has 2 aliphatic heterocycles. The van der Waals surface area contributed by atoms with Gasteiger partial charge in [-0.05, 0) is 36.6 Å². The van der Waals surface area contributed by atoms with Crippen LogP contribution < -0.4 is 0 Å². The van der Waals surface area contributed by atoms with Crippen molar-refractivity contribution < 1.29 is 19.4 Å². The fourth-order valence-corrected chi connectivity index (χ4v) is 3.10. The fourth-order valence-electron chi connectivity index (χ4n) is 3.10. The van der Waals surface area contributed by atoms with Crippen molar-refractivity contribution in [3.05, 3.63) is 41.5 Å². The zero-order valence-electron chi connectivity index (χ0n) is 12.3. The fraction of sp³-hybridized carbons (Fsp3) is 0.412. The van der Waals surface area contributed by atoms with Crippen LogP contribution in [0.15, 0.2) is 30.3 Å². The second-order valence-corrected chi connectivity index (χ2v) is 6.07. The van der Waals surface area contributed by atoms with E-state index in [4.69, 9.17) is 9.84 Å². The summed E-state index contributed by atoms with van der Waals surface area (Å²) >= 11 is 0. The predicted molar refractivity (Wildman–Crippen MR) is 81.5 cm³/mol. The molecule has 0 aromatic heterocycles. The Kier molecular flexibility index (Phi) is 3.98. The molecule has 0 aliphatic carbocycles. The van der Waals surface area contributed by atoms with Gasteiger partial charge in [-0.25, -0.2) is 4.79 Å². The van der Waals surface area contributed by atoms with E-state index in [9.17, 15) is 9.59 Å². The van der Waals surface area contributed by atoms with Crippen LogP contribution in [0, 0.1) is 5.41 Å². The van der Waals surface area contributed by atoms with Crippen LogP contribution in [-0.4, -0.2) is 48.2 Å². The number of hydrogen-bond acceptors (Lipinski definition) is 3. The normalized spacial score (nSPS) is 24.5. The lowest BCUT2D eigenvalue weighted by Crippen LogP contribution is -2.31. The van der Waals surface area contributed by atoms with Crippen LogP contribution in [0.25, 0.3) is 6.08 Å². The van der Waals surface area contributed by atoms with E-state index < -0.39 is 5.97 Å². The molecule has 1 unspecified atom stereocenters. The summed E-state index contributed by atoms with van der Waals surface area (Å²) in [5.41, 5.74) is 1.23. The number of carboxylic acid groups (broad SMARTS) is 1. The number of nitrogens with zero attached hydrogens (tertiary/aromatic N) is 1. The molecule has 1 amide bonds. The Morgan fingerprint density at radius 3 is 2.64 bits per heavy atom. The minimum atomic E-state index is -0.951. The molecule has 0 bridgehead atoms. The van der Waals surface area contributed by atoms with Crippen LogP contribution in [0.4, 0.5) is 0 Å². The Labute approximate surface area is 129 Å². The smallest absolute Gasteiger partial charge is 0.335 e. The number of hydrogen-bond donors (Lipinski definition) is 1. The SMILES string of the molecule is O=C(O)c1ccc(/C=C/C(=O)N2CCC3(CCOC3)C2)cc1. The lowest BCUT2D eigenvalue weighted by Gasteiger charge is -2.21. The summed E-state index contributed by atoms with van der Waals surface area (Å²) in [5.74, 6) is -0.946. The van der Waals surface area contributed by atoms with Crippen LogP contribution >= 0.6 is 0 Å². The third-order valence-electron chi connectivity index (χ3n) is 4.51. The second-order valence-electron chi connectivity index (χ2n) is 6.07. The predicted octanol–water partition coefficient (Wildman–Crippen LogP) is 2.04. The monoisotopic (exact) mass is 301 g/mol. The van der Waals surface area contributed by atoms with Gasteiger partial charge < -0.3 is 14.7 Å². The zero-order chi connectivity index (χ0) is 15.6. The number of benzene rings is 1. The van der Waals surface area contributed by atoms with Gasteiger partial charge in [-0.2, -0.15) is 0 Å². The Morgan fingerprint density at radius 1 is 1.23 bits per heavy atom. The molecule has 1 N–H and O–H groups in total. The van der Waals surface area contributed by atoms with Crippen LogP contribution in [0.1, 0.15) is 28.8 Å². The summed E-state index contributed by atoms with van der Waals surface area (Å²) in [4.78, 5) is 24.9. The van der Waals surface area contributed by atoms with Gasteiger partial charge in [0.15, 0.2) is 0 Å². The van der Waals surface area contributed by atoms with Crippen LogP contribution in [-0.2, 0) is 9.53 Å². The summed E-state index contributed by atoms with van der Waals surface area (Å²) in [6.45, 7) is 3.11. The van der Waals surface area contributed by atoms with Crippen molar-refractivity contribution in [3.63, 3.8) is 0 Å². The van der Waals surface area contributed by atoms with Gasteiger partial charge in [0.25, 0.3) is 0 Å². The van der Waals surface area contributed by atoms with E-state index in [0.717, 1.165) is 44.7 Å². The van der Waals surface area contributed by atoms with E-state index in [0.29, 0.717) is 0 Å². The summed E-state index contributed by atoms with van der Waals surface area (Å²) in [7, 11) is 0. The molecule has 2 heterocycles. The Balaban J connectivity index is 1.60. The molecule has 0 radical (unpaired) electrons. The molecule has 116 valence electrons. The molecule has 1 aromatic carbocycles. The van der Waals surface area contributed by atoms with Gasteiger partial charge in [-0.3, -0.25) is 4.79 Å². The van der Waals surface area contributed by atoms with Gasteiger partial charge in [0.05, 0.1) is 12.2 Å². The van der Waals surface area contributed by atoms with Crippen molar-refractivity contribution in [1.29, 1.82) is 0 Å². The Bertz CT molecular complexity index is 600. The summed E-state index contributed by atoms with van der Waals surface area (Å²) < 4.78 is 5.47. The molecule has 5 nitrogen and oxygen atoms in total. The maximum atomic E-state index is 12.2. The number of amides is 1. The molecular formula is C17H19NO4. The Morgan fingerprint density at radius 2 is 2.00 bits per heavy atom. The van der Waals surface area contributed by atoms with Crippen molar-refractivity contribution in [2.45, 2.75) is 12.8 Å². The van der Waals surface area contributed by atoms with E-state index in [1.165, 1.54) is 12.1 Å². The topological polar surface area (TPSA) is 66.8 Å². The molecule has 1 atom stereocenters. The number of rotatable bonds is 3. The quantitative estimate of drug-likeness (QED) is 0.868. The number of likely N-dealkylation sites (tertiary alicyclic amines) is 1. The van der Waals surface area contributed by atoms with Crippen LogP contribution in [0.3, 0.4) is 0 Å². The van der Waals surface area contributed by atoms with E-state index >= 15 is 0 Å². The molecule has 5 heteroatoms. The largest absolute Gasteiger partial charge is 0.478 e. The molecule has 1 aromatic rings.